The van der Waals surface area contributed by atoms with Gasteiger partial charge < -0.3 is 15.4 Å². The fraction of sp³-hybridized carbons (Fsp3) is 0.227. The molecule has 0 fully saturated rings. The molecular weight excluding hydrogens is 434 g/mol. The van der Waals surface area contributed by atoms with Crippen LogP contribution in [-0.2, 0) is 4.79 Å². The van der Waals surface area contributed by atoms with Crippen LogP contribution in [0.15, 0.2) is 65.0 Å². The Kier molecular flexibility index (Phi) is 6.20. The molecule has 1 unspecified atom stereocenters. The number of carbonyl (C=O) groups excluding carboxylic acids is 1. The summed E-state index contributed by atoms with van der Waals surface area (Å²) in [4.78, 5) is 18.1. The Bertz CT molecular complexity index is 1140. The zero-order valence-electron chi connectivity index (χ0n) is 17.3. The first kappa shape index (κ1) is 21.3. The minimum atomic E-state index is -0.457. The second-order valence-electron chi connectivity index (χ2n) is 6.87. The quantitative estimate of drug-likeness (QED) is 0.510. The molecule has 7 nitrogen and oxygen atoms in total. The third-order valence-electron chi connectivity index (χ3n) is 4.89. The number of carbonyl (C=O) groups is 1. The SMILES string of the molecule is CCSc1nc2n(n1)C(c1ccc(Cl)cc1)C(C(=O)Nc1ccccc1OC)=C(C)N2. The zero-order valence-corrected chi connectivity index (χ0v) is 18.9. The minimum absolute atomic E-state index is 0.250. The van der Waals surface area contributed by atoms with Crippen LogP contribution in [0.2, 0.25) is 5.02 Å². The molecule has 2 aromatic carbocycles. The van der Waals surface area contributed by atoms with Crippen LogP contribution in [0.25, 0.3) is 0 Å². The highest BCUT2D eigenvalue weighted by Crippen LogP contribution is 2.37. The van der Waals surface area contributed by atoms with Crippen molar-refractivity contribution in [2.45, 2.75) is 25.0 Å². The van der Waals surface area contributed by atoms with Crippen molar-refractivity contribution in [3.8, 4) is 5.75 Å². The molecule has 0 bridgehead atoms. The third-order valence-corrected chi connectivity index (χ3v) is 5.86. The van der Waals surface area contributed by atoms with Crippen LogP contribution in [0.5, 0.6) is 5.75 Å². The van der Waals surface area contributed by atoms with E-state index in [2.05, 4.69) is 20.7 Å². The van der Waals surface area contributed by atoms with Crippen molar-refractivity contribution in [3.05, 3.63) is 70.4 Å². The van der Waals surface area contributed by atoms with Crippen molar-refractivity contribution in [1.82, 2.24) is 14.8 Å². The maximum absolute atomic E-state index is 13.5. The summed E-state index contributed by atoms with van der Waals surface area (Å²) in [6.45, 7) is 3.91. The van der Waals surface area contributed by atoms with Crippen LogP contribution >= 0.6 is 23.4 Å². The highest BCUT2D eigenvalue weighted by Gasteiger charge is 2.34. The number of benzene rings is 2. The predicted octanol–water partition coefficient (Wildman–Crippen LogP) is 4.98. The lowest BCUT2D eigenvalue weighted by Gasteiger charge is -2.28. The number of thioether (sulfide) groups is 1. The van der Waals surface area contributed by atoms with Crippen molar-refractivity contribution in [2.75, 3.05) is 23.5 Å². The van der Waals surface area contributed by atoms with Gasteiger partial charge in [-0.1, -0.05) is 54.6 Å². The van der Waals surface area contributed by atoms with E-state index in [4.69, 9.17) is 16.3 Å². The molecule has 3 aromatic rings. The van der Waals surface area contributed by atoms with E-state index in [0.29, 0.717) is 38.8 Å². The number of aromatic nitrogens is 3. The summed E-state index contributed by atoms with van der Waals surface area (Å²) >= 11 is 7.66. The molecule has 2 N–H and O–H groups in total. The second-order valence-corrected chi connectivity index (χ2v) is 8.54. The first-order chi connectivity index (χ1) is 15.0. The van der Waals surface area contributed by atoms with Gasteiger partial charge in [-0.25, -0.2) is 4.68 Å². The van der Waals surface area contributed by atoms with Crippen LogP contribution in [-0.4, -0.2) is 33.5 Å². The van der Waals surface area contributed by atoms with Crippen LogP contribution in [0.1, 0.15) is 25.5 Å². The molecule has 1 aromatic heterocycles. The summed E-state index contributed by atoms with van der Waals surface area (Å²) in [5.74, 6) is 1.79. The van der Waals surface area contributed by atoms with Gasteiger partial charge in [-0.3, -0.25) is 4.79 Å². The Morgan fingerprint density at radius 2 is 2.00 bits per heavy atom. The number of hydrogen-bond acceptors (Lipinski definition) is 6. The minimum Gasteiger partial charge on any atom is -0.495 e. The van der Waals surface area contributed by atoms with Crippen molar-refractivity contribution in [2.24, 2.45) is 0 Å². The van der Waals surface area contributed by atoms with Crippen molar-refractivity contribution >= 4 is 40.9 Å². The standard InChI is InChI=1S/C22H22ClN5O2S/c1-4-31-22-26-21-24-13(2)18(20(29)25-16-7-5-6-8-17(16)30-3)19(28(21)27-22)14-9-11-15(23)12-10-14/h5-12,19H,4H2,1-3H3,(H,25,29)(H,24,26,27). The fourth-order valence-corrected chi connectivity index (χ4v) is 4.19. The number of amides is 1. The van der Waals surface area contributed by atoms with Crippen LogP contribution in [0, 0.1) is 0 Å². The summed E-state index contributed by atoms with van der Waals surface area (Å²) in [5, 5.41) is 12.2. The molecule has 4 rings (SSSR count). The van der Waals surface area contributed by atoms with E-state index in [1.54, 1.807) is 35.7 Å². The molecule has 9 heteroatoms. The number of nitrogens with one attached hydrogen (secondary N) is 2. The lowest BCUT2D eigenvalue weighted by molar-refractivity contribution is -0.113. The number of rotatable bonds is 6. The number of fused-ring (bicyclic) bond motifs is 1. The average molecular weight is 456 g/mol. The van der Waals surface area contributed by atoms with Crippen molar-refractivity contribution in [3.63, 3.8) is 0 Å². The van der Waals surface area contributed by atoms with E-state index in [1.165, 1.54) is 0 Å². The summed E-state index contributed by atoms with van der Waals surface area (Å²) < 4.78 is 7.14. The number of nitrogens with zero attached hydrogens (tertiary/aromatic N) is 3. The molecule has 0 saturated heterocycles. The smallest absolute Gasteiger partial charge is 0.255 e. The average Bonchev–Trinajstić information content (AvgIpc) is 3.16. The molecule has 0 radical (unpaired) electrons. The van der Waals surface area contributed by atoms with Gasteiger partial charge in [-0.05, 0) is 42.5 Å². The number of methoxy groups -OCH3 is 1. The second kappa shape index (κ2) is 9.03. The highest BCUT2D eigenvalue weighted by molar-refractivity contribution is 7.99. The largest absolute Gasteiger partial charge is 0.495 e. The van der Waals surface area contributed by atoms with Crippen molar-refractivity contribution in [1.29, 1.82) is 0 Å². The molecule has 1 aliphatic rings. The van der Waals surface area contributed by atoms with E-state index in [0.717, 1.165) is 11.3 Å². The van der Waals surface area contributed by atoms with Crippen LogP contribution < -0.4 is 15.4 Å². The maximum Gasteiger partial charge on any atom is 0.255 e. The highest BCUT2D eigenvalue weighted by atomic mass is 35.5. The van der Waals surface area contributed by atoms with Gasteiger partial charge in [0.2, 0.25) is 11.1 Å². The van der Waals surface area contributed by atoms with Gasteiger partial charge in [0, 0.05) is 10.7 Å². The topological polar surface area (TPSA) is 81.1 Å². The monoisotopic (exact) mass is 455 g/mol. The first-order valence-electron chi connectivity index (χ1n) is 9.78. The van der Waals surface area contributed by atoms with Crippen LogP contribution in [0.3, 0.4) is 0 Å². The van der Waals surface area contributed by atoms with Gasteiger partial charge in [0.1, 0.15) is 11.8 Å². The number of para-hydroxylation sites is 2. The van der Waals surface area contributed by atoms with E-state index >= 15 is 0 Å². The number of allylic oxidation sites excluding steroid dienone is 1. The molecule has 31 heavy (non-hydrogen) atoms. The Hall–Kier alpha value is -2.97. The van der Waals surface area contributed by atoms with Crippen molar-refractivity contribution < 1.29 is 9.53 Å². The Balaban J connectivity index is 1.78. The normalized spacial score (nSPS) is 15.3. The summed E-state index contributed by atoms with van der Waals surface area (Å²) in [5.41, 5.74) is 2.73. The number of halogens is 1. The molecule has 160 valence electrons. The fourth-order valence-electron chi connectivity index (χ4n) is 3.51. The summed E-state index contributed by atoms with van der Waals surface area (Å²) in [7, 11) is 1.57. The molecule has 2 heterocycles. The maximum atomic E-state index is 13.5. The zero-order chi connectivity index (χ0) is 22.0. The van der Waals surface area contributed by atoms with E-state index in [1.807, 2.05) is 50.2 Å². The van der Waals surface area contributed by atoms with E-state index in [9.17, 15) is 4.79 Å². The van der Waals surface area contributed by atoms with Gasteiger partial charge >= 0.3 is 0 Å². The Labute approximate surface area is 189 Å². The molecule has 0 spiro atoms. The molecule has 1 amide bonds. The molecule has 1 aliphatic heterocycles. The van der Waals surface area contributed by atoms with Gasteiger partial charge in [0.05, 0.1) is 18.4 Å². The van der Waals surface area contributed by atoms with Gasteiger partial charge in [0.15, 0.2) is 0 Å². The van der Waals surface area contributed by atoms with E-state index < -0.39 is 6.04 Å². The number of anilines is 2. The molecular formula is C22H22ClN5O2S. The Morgan fingerprint density at radius 3 is 2.71 bits per heavy atom. The van der Waals surface area contributed by atoms with Gasteiger partial charge in [-0.2, -0.15) is 4.98 Å². The Morgan fingerprint density at radius 1 is 1.26 bits per heavy atom. The predicted molar refractivity (Wildman–Crippen MR) is 124 cm³/mol. The lowest BCUT2D eigenvalue weighted by Crippen LogP contribution is -2.31. The molecule has 0 saturated carbocycles. The van der Waals surface area contributed by atoms with Crippen LogP contribution in [0.4, 0.5) is 11.6 Å². The number of hydrogen-bond donors (Lipinski definition) is 2. The molecule has 1 atom stereocenters. The number of ether oxygens (including phenoxy) is 1. The van der Waals surface area contributed by atoms with E-state index in [-0.39, 0.29) is 5.91 Å². The summed E-state index contributed by atoms with van der Waals surface area (Å²) in [6, 6.07) is 14.3. The van der Waals surface area contributed by atoms with Gasteiger partial charge in [0.25, 0.3) is 5.91 Å². The molecule has 0 aliphatic carbocycles. The third kappa shape index (κ3) is 4.26. The first-order valence-corrected chi connectivity index (χ1v) is 11.1. The van der Waals surface area contributed by atoms with Gasteiger partial charge in [-0.15, -0.1) is 5.10 Å². The lowest BCUT2D eigenvalue weighted by atomic mass is 9.95. The summed E-state index contributed by atoms with van der Waals surface area (Å²) in [6.07, 6.45) is 0.